The molecule has 0 aromatic rings. The molecule has 14 heavy (non-hydrogen) atoms. The second kappa shape index (κ2) is 10.9. The number of nitrogens with two attached hydrogens (primary N) is 1. The van der Waals surface area contributed by atoms with Gasteiger partial charge in [0.2, 0.25) is 0 Å². The van der Waals surface area contributed by atoms with Gasteiger partial charge in [0, 0.05) is 13.7 Å². The first-order valence-electron chi connectivity index (χ1n) is 4.96. The van der Waals surface area contributed by atoms with Crippen molar-refractivity contribution in [3.8, 4) is 0 Å². The van der Waals surface area contributed by atoms with Crippen LogP contribution in [0, 0.1) is 5.92 Å². The molecule has 0 heterocycles. The molecule has 0 bridgehead atoms. The molecule has 0 amide bonds. The van der Waals surface area contributed by atoms with Crippen molar-refractivity contribution in [3.05, 3.63) is 0 Å². The minimum atomic E-state index is 0.572. The van der Waals surface area contributed by atoms with Gasteiger partial charge in [-0.2, -0.15) is 0 Å². The topological polar surface area (TPSA) is 65.7 Å². The van der Waals surface area contributed by atoms with Gasteiger partial charge in [0.15, 0.2) is 0 Å². The minimum absolute atomic E-state index is 0.572. The molecule has 0 spiro atoms. The Morgan fingerprint density at radius 1 is 1.21 bits per heavy atom. The zero-order valence-corrected chi connectivity index (χ0v) is 9.12. The molecule has 0 rings (SSSR count). The van der Waals surface area contributed by atoms with Crippen molar-refractivity contribution in [1.82, 2.24) is 5.48 Å². The monoisotopic (exact) mass is 206 g/mol. The van der Waals surface area contributed by atoms with Crippen LogP contribution in [0.2, 0.25) is 0 Å². The SMILES string of the molecule is COCCNOCCC(C)CCON. The molecule has 0 radical (unpaired) electrons. The summed E-state index contributed by atoms with van der Waals surface area (Å²) in [6.07, 6.45) is 1.97. The van der Waals surface area contributed by atoms with Gasteiger partial charge in [0.05, 0.1) is 19.8 Å². The normalized spacial score (nSPS) is 13.1. The Morgan fingerprint density at radius 2 is 1.93 bits per heavy atom. The summed E-state index contributed by atoms with van der Waals surface area (Å²) in [5, 5.41) is 0. The smallest absolute Gasteiger partial charge is 0.0684 e. The summed E-state index contributed by atoms with van der Waals surface area (Å²) in [5.74, 6) is 5.50. The van der Waals surface area contributed by atoms with E-state index in [0.717, 1.165) is 19.4 Å². The van der Waals surface area contributed by atoms with Crippen LogP contribution in [0.4, 0.5) is 0 Å². The fourth-order valence-electron chi connectivity index (χ4n) is 0.962. The highest BCUT2D eigenvalue weighted by molar-refractivity contribution is 4.50. The lowest BCUT2D eigenvalue weighted by Gasteiger charge is -2.10. The fourth-order valence-corrected chi connectivity index (χ4v) is 0.962. The average Bonchev–Trinajstić information content (AvgIpc) is 2.20. The quantitative estimate of drug-likeness (QED) is 0.401. The molecule has 0 saturated heterocycles. The van der Waals surface area contributed by atoms with Gasteiger partial charge in [0.1, 0.15) is 0 Å². The van der Waals surface area contributed by atoms with E-state index >= 15 is 0 Å². The van der Waals surface area contributed by atoms with Gasteiger partial charge in [-0.1, -0.05) is 6.92 Å². The maximum Gasteiger partial charge on any atom is 0.0684 e. The molecule has 0 aliphatic carbocycles. The Hall–Kier alpha value is -0.200. The summed E-state index contributed by atoms with van der Waals surface area (Å²) in [4.78, 5) is 9.68. The highest BCUT2D eigenvalue weighted by Crippen LogP contribution is 2.06. The Labute approximate surface area is 85.8 Å². The summed E-state index contributed by atoms with van der Waals surface area (Å²) < 4.78 is 4.85. The Balaban J connectivity index is 3.02. The van der Waals surface area contributed by atoms with Crippen molar-refractivity contribution in [2.24, 2.45) is 11.8 Å². The van der Waals surface area contributed by atoms with Crippen LogP contribution in [0.1, 0.15) is 19.8 Å². The first-order valence-corrected chi connectivity index (χ1v) is 4.96. The van der Waals surface area contributed by atoms with E-state index in [2.05, 4.69) is 17.2 Å². The van der Waals surface area contributed by atoms with Crippen LogP contribution in [0.3, 0.4) is 0 Å². The second-order valence-electron chi connectivity index (χ2n) is 3.29. The van der Waals surface area contributed by atoms with E-state index in [9.17, 15) is 0 Å². The number of hydroxylamine groups is 1. The third kappa shape index (κ3) is 9.88. The van der Waals surface area contributed by atoms with E-state index in [1.165, 1.54) is 0 Å². The van der Waals surface area contributed by atoms with Gasteiger partial charge in [0.25, 0.3) is 0 Å². The first-order chi connectivity index (χ1) is 6.81. The highest BCUT2D eigenvalue weighted by atomic mass is 16.6. The molecule has 0 aromatic carbocycles. The summed E-state index contributed by atoms with van der Waals surface area (Å²) in [6.45, 7) is 4.85. The van der Waals surface area contributed by atoms with E-state index in [0.29, 0.717) is 25.7 Å². The molecular weight excluding hydrogens is 184 g/mol. The van der Waals surface area contributed by atoms with Crippen molar-refractivity contribution in [2.45, 2.75) is 19.8 Å². The predicted octanol–water partition coefficient (Wildman–Crippen LogP) is 0.461. The van der Waals surface area contributed by atoms with Gasteiger partial charge in [-0.25, -0.2) is 11.4 Å². The molecule has 0 fully saturated rings. The third-order valence-electron chi connectivity index (χ3n) is 1.95. The van der Waals surface area contributed by atoms with Crippen molar-refractivity contribution >= 4 is 0 Å². The molecular formula is C9H22N2O3. The van der Waals surface area contributed by atoms with Crippen LogP contribution in [-0.2, 0) is 14.4 Å². The van der Waals surface area contributed by atoms with Crippen molar-refractivity contribution in [3.63, 3.8) is 0 Å². The summed E-state index contributed by atoms with van der Waals surface area (Å²) in [6, 6.07) is 0. The van der Waals surface area contributed by atoms with Gasteiger partial charge in [-0.15, -0.1) is 0 Å². The maximum atomic E-state index is 5.18. The maximum absolute atomic E-state index is 5.18. The molecule has 86 valence electrons. The van der Waals surface area contributed by atoms with Gasteiger partial charge in [-0.05, 0) is 18.8 Å². The lowest BCUT2D eigenvalue weighted by Crippen LogP contribution is -2.21. The van der Waals surface area contributed by atoms with E-state index in [-0.39, 0.29) is 0 Å². The minimum Gasteiger partial charge on any atom is -0.383 e. The largest absolute Gasteiger partial charge is 0.383 e. The second-order valence-corrected chi connectivity index (χ2v) is 3.29. The van der Waals surface area contributed by atoms with E-state index in [1.807, 2.05) is 0 Å². The van der Waals surface area contributed by atoms with E-state index < -0.39 is 0 Å². The predicted molar refractivity (Wildman–Crippen MR) is 54.4 cm³/mol. The molecule has 0 aliphatic rings. The lowest BCUT2D eigenvalue weighted by molar-refractivity contribution is 0.0182. The van der Waals surface area contributed by atoms with Crippen LogP contribution in [-0.4, -0.2) is 33.5 Å². The Kier molecular flexibility index (Phi) is 10.7. The molecule has 5 heteroatoms. The van der Waals surface area contributed by atoms with Crippen LogP contribution in [0.25, 0.3) is 0 Å². The highest BCUT2D eigenvalue weighted by Gasteiger charge is 2.01. The molecule has 1 atom stereocenters. The molecule has 5 nitrogen and oxygen atoms in total. The molecule has 0 saturated carbocycles. The number of methoxy groups -OCH3 is 1. The summed E-state index contributed by atoms with van der Waals surface area (Å²) in [5.41, 5.74) is 2.82. The van der Waals surface area contributed by atoms with Crippen molar-refractivity contribution in [2.75, 3.05) is 33.5 Å². The van der Waals surface area contributed by atoms with E-state index in [1.54, 1.807) is 7.11 Å². The number of hydrogen-bond acceptors (Lipinski definition) is 5. The van der Waals surface area contributed by atoms with Gasteiger partial charge >= 0.3 is 0 Å². The zero-order valence-electron chi connectivity index (χ0n) is 9.12. The third-order valence-corrected chi connectivity index (χ3v) is 1.95. The van der Waals surface area contributed by atoms with Crippen molar-refractivity contribution in [1.29, 1.82) is 0 Å². The van der Waals surface area contributed by atoms with Crippen LogP contribution in [0.5, 0.6) is 0 Å². The number of rotatable bonds is 10. The number of nitrogens with one attached hydrogen (secondary N) is 1. The lowest BCUT2D eigenvalue weighted by atomic mass is 10.1. The van der Waals surface area contributed by atoms with Crippen LogP contribution < -0.4 is 11.4 Å². The summed E-state index contributed by atoms with van der Waals surface area (Å²) >= 11 is 0. The standard InChI is InChI=1S/C9H22N2O3/c1-9(3-6-13-10)4-7-14-11-5-8-12-2/h9,11H,3-8,10H2,1-2H3. The Morgan fingerprint density at radius 3 is 2.57 bits per heavy atom. The first kappa shape index (κ1) is 13.8. The van der Waals surface area contributed by atoms with Crippen LogP contribution in [0.15, 0.2) is 0 Å². The Bertz CT molecular complexity index is 114. The molecule has 0 aromatic heterocycles. The van der Waals surface area contributed by atoms with Gasteiger partial charge < -0.3 is 14.4 Å². The summed E-state index contributed by atoms with van der Waals surface area (Å²) in [7, 11) is 1.66. The zero-order chi connectivity index (χ0) is 10.6. The van der Waals surface area contributed by atoms with Gasteiger partial charge in [-0.3, -0.25) is 0 Å². The van der Waals surface area contributed by atoms with Crippen LogP contribution >= 0.6 is 0 Å². The molecule has 3 N–H and O–H groups in total. The fraction of sp³-hybridized carbons (Fsp3) is 1.00. The molecule has 0 aliphatic heterocycles. The average molecular weight is 206 g/mol. The number of hydrogen-bond donors (Lipinski definition) is 2. The van der Waals surface area contributed by atoms with Crippen molar-refractivity contribution < 1.29 is 14.4 Å². The number of ether oxygens (including phenoxy) is 1. The van der Waals surface area contributed by atoms with E-state index in [4.69, 9.17) is 15.5 Å². The molecule has 1 unspecified atom stereocenters.